The van der Waals surface area contributed by atoms with Crippen molar-refractivity contribution >= 4 is 22.9 Å². The molecule has 0 fully saturated rings. The van der Waals surface area contributed by atoms with Crippen LogP contribution in [-0.4, -0.2) is 4.98 Å². The molecule has 6 heteroatoms. The highest BCUT2D eigenvalue weighted by atomic mass is 35.5. The number of thiazole rings is 1. The van der Waals surface area contributed by atoms with Gasteiger partial charge in [0.05, 0.1) is 0 Å². The summed E-state index contributed by atoms with van der Waals surface area (Å²) in [5, 5.41) is 10.9. The van der Waals surface area contributed by atoms with Gasteiger partial charge in [0.25, 0.3) is 5.19 Å². The normalized spacial score (nSPS) is 9.81. The van der Waals surface area contributed by atoms with Gasteiger partial charge in [-0.05, 0) is 12.1 Å². The van der Waals surface area contributed by atoms with E-state index in [1.165, 1.54) is 29.5 Å². The summed E-state index contributed by atoms with van der Waals surface area (Å²) < 4.78 is 18.5. The number of hydrogen-bond donors (Lipinski definition) is 0. The third-order valence-electron chi connectivity index (χ3n) is 1.74. The summed E-state index contributed by atoms with van der Waals surface area (Å²) in [6, 6.07) is 5.89. The van der Waals surface area contributed by atoms with Crippen LogP contribution in [0, 0.1) is 17.1 Å². The summed E-state index contributed by atoms with van der Waals surface area (Å²) in [6.07, 6.45) is 0. The van der Waals surface area contributed by atoms with Gasteiger partial charge < -0.3 is 4.74 Å². The van der Waals surface area contributed by atoms with Gasteiger partial charge >= 0.3 is 0 Å². The van der Waals surface area contributed by atoms with Crippen LogP contribution in [0.4, 0.5) is 4.39 Å². The molecule has 0 radical (unpaired) electrons. The third-order valence-corrected chi connectivity index (χ3v) is 2.78. The zero-order valence-corrected chi connectivity index (χ0v) is 9.35. The minimum atomic E-state index is -0.623. The molecule has 80 valence electrons. The van der Waals surface area contributed by atoms with Crippen molar-refractivity contribution < 1.29 is 9.13 Å². The number of halogens is 2. The molecule has 16 heavy (non-hydrogen) atoms. The molecule has 0 saturated heterocycles. The monoisotopic (exact) mass is 254 g/mol. The van der Waals surface area contributed by atoms with Crippen LogP contribution in [0.2, 0.25) is 5.15 Å². The Morgan fingerprint density at radius 1 is 1.50 bits per heavy atom. The van der Waals surface area contributed by atoms with Crippen molar-refractivity contribution in [2.45, 2.75) is 0 Å². The van der Waals surface area contributed by atoms with Crippen molar-refractivity contribution in [3.8, 4) is 17.0 Å². The van der Waals surface area contributed by atoms with E-state index in [1.807, 2.05) is 0 Å². The Hall–Kier alpha value is -1.64. The Balaban J connectivity index is 2.35. The van der Waals surface area contributed by atoms with Gasteiger partial charge in [-0.2, -0.15) is 10.2 Å². The second-order valence-electron chi connectivity index (χ2n) is 2.76. The zero-order valence-electron chi connectivity index (χ0n) is 7.78. The fraction of sp³-hybridized carbons (Fsp3) is 0. The SMILES string of the molecule is N#Cc1c(F)cccc1Oc1nc(Cl)cs1. The molecule has 2 aromatic rings. The van der Waals surface area contributed by atoms with Crippen LogP contribution in [0.3, 0.4) is 0 Å². The predicted octanol–water partition coefficient (Wildman–Crippen LogP) is 3.60. The summed E-state index contributed by atoms with van der Waals surface area (Å²) >= 11 is 6.78. The summed E-state index contributed by atoms with van der Waals surface area (Å²) in [6.45, 7) is 0. The molecule has 1 heterocycles. The van der Waals surface area contributed by atoms with E-state index in [0.29, 0.717) is 5.15 Å². The maximum Gasteiger partial charge on any atom is 0.280 e. The van der Waals surface area contributed by atoms with Gasteiger partial charge in [0.2, 0.25) is 0 Å². The summed E-state index contributed by atoms with van der Waals surface area (Å²) in [4.78, 5) is 3.84. The van der Waals surface area contributed by atoms with Crippen molar-refractivity contribution in [3.05, 3.63) is 40.1 Å². The molecule has 0 aliphatic carbocycles. The predicted molar refractivity (Wildman–Crippen MR) is 58.3 cm³/mol. The molecule has 0 amide bonds. The molecule has 0 N–H and O–H groups in total. The van der Waals surface area contributed by atoms with E-state index in [4.69, 9.17) is 21.6 Å². The molecule has 3 nitrogen and oxygen atoms in total. The second-order valence-corrected chi connectivity index (χ2v) is 3.97. The molecule has 0 aliphatic heterocycles. The van der Waals surface area contributed by atoms with E-state index in [2.05, 4.69) is 4.98 Å². The highest BCUT2D eigenvalue weighted by Gasteiger charge is 2.11. The number of nitrogens with zero attached hydrogens (tertiary/aromatic N) is 2. The van der Waals surface area contributed by atoms with Gasteiger partial charge in [-0.3, -0.25) is 0 Å². The first-order chi connectivity index (χ1) is 7.70. The number of benzene rings is 1. The first-order valence-electron chi connectivity index (χ1n) is 4.18. The standard InChI is InChI=1S/C10H4ClFN2OS/c11-9-5-16-10(14-9)15-8-3-1-2-7(12)6(8)4-13/h1-3,5H. The topological polar surface area (TPSA) is 45.9 Å². The van der Waals surface area contributed by atoms with Crippen LogP contribution >= 0.6 is 22.9 Å². The maximum atomic E-state index is 13.2. The van der Waals surface area contributed by atoms with Gasteiger partial charge in [-0.1, -0.05) is 29.0 Å². The number of nitriles is 1. The van der Waals surface area contributed by atoms with Crippen LogP contribution in [0.5, 0.6) is 10.9 Å². The molecule has 0 unspecified atom stereocenters. The quantitative estimate of drug-likeness (QED) is 0.823. The van der Waals surface area contributed by atoms with E-state index in [9.17, 15) is 4.39 Å². The van der Waals surface area contributed by atoms with E-state index in [-0.39, 0.29) is 16.5 Å². The van der Waals surface area contributed by atoms with Crippen LogP contribution in [-0.2, 0) is 0 Å². The van der Waals surface area contributed by atoms with Crippen LogP contribution in [0.1, 0.15) is 5.56 Å². The molecule has 0 saturated carbocycles. The third kappa shape index (κ3) is 2.13. The first kappa shape index (κ1) is 10.9. The van der Waals surface area contributed by atoms with Crippen LogP contribution < -0.4 is 4.74 Å². The Bertz CT molecular complexity index is 564. The smallest absolute Gasteiger partial charge is 0.280 e. The lowest BCUT2D eigenvalue weighted by atomic mass is 10.2. The van der Waals surface area contributed by atoms with Crippen molar-refractivity contribution in [2.75, 3.05) is 0 Å². The lowest BCUT2D eigenvalue weighted by Gasteiger charge is -2.03. The number of aromatic nitrogens is 1. The van der Waals surface area contributed by atoms with Gasteiger partial charge in [0.1, 0.15) is 22.6 Å². The van der Waals surface area contributed by atoms with E-state index < -0.39 is 5.82 Å². The minimum absolute atomic E-state index is 0.133. The largest absolute Gasteiger partial charge is 0.429 e. The Morgan fingerprint density at radius 3 is 2.94 bits per heavy atom. The number of hydrogen-bond acceptors (Lipinski definition) is 4. The first-order valence-corrected chi connectivity index (χ1v) is 5.44. The molecule has 0 bridgehead atoms. The Kier molecular flexibility index (Phi) is 3.04. The van der Waals surface area contributed by atoms with E-state index in [1.54, 1.807) is 11.4 Å². The summed E-state index contributed by atoms with van der Waals surface area (Å²) in [5.41, 5.74) is -0.145. The van der Waals surface area contributed by atoms with Crippen LogP contribution in [0.25, 0.3) is 0 Å². The fourth-order valence-corrected chi connectivity index (χ4v) is 1.88. The Labute approximate surface area is 99.7 Å². The van der Waals surface area contributed by atoms with Crippen LogP contribution in [0.15, 0.2) is 23.6 Å². The van der Waals surface area contributed by atoms with Gasteiger partial charge in [-0.25, -0.2) is 4.39 Å². The lowest BCUT2D eigenvalue weighted by Crippen LogP contribution is -1.90. The number of ether oxygens (including phenoxy) is 1. The van der Waals surface area contributed by atoms with Crippen molar-refractivity contribution in [2.24, 2.45) is 0 Å². The second kappa shape index (κ2) is 4.47. The Morgan fingerprint density at radius 2 is 2.31 bits per heavy atom. The fourth-order valence-electron chi connectivity index (χ4n) is 1.08. The molecule has 1 aromatic heterocycles. The zero-order chi connectivity index (χ0) is 11.5. The summed E-state index contributed by atoms with van der Waals surface area (Å²) in [7, 11) is 0. The van der Waals surface area contributed by atoms with E-state index >= 15 is 0 Å². The molecule has 0 aliphatic rings. The molecule has 0 spiro atoms. The van der Waals surface area contributed by atoms with Crippen molar-refractivity contribution in [1.82, 2.24) is 4.98 Å². The minimum Gasteiger partial charge on any atom is -0.429 e. The van der Waals surface area contributed by atoms with Gasteiger partial charge in [-0.15, -0.1) is 0 Å². The lowest BCUT2D eigenvalue weighted by molar-refractivity contribution is 0.471. The highest BCUT2D eigenvalue weighted by molar-refractivity contribution is 7.11. The maximum absolute atomic E-state index is 13.2. The van der Waals surface area contributed by atoms with Crippen molar-refractivity contribution in [3.63, 3.8) is 0 Å². The average molecular weight is 255 g/mol. The number of rotatable bonds is 2. The van der Waals surface area contributed by atoms with Gasteiger partial charge in [0.15, 0.2) is 5.75 Å². The highest BCUT2D eigenvalue weighted by Crippen LogP contribution is 2.29. The average Bonchev–Trinajstić information content (AvgIpc) is 2.64. The molecular formula is C10H4ClFN2OS. The summed E-state index contributed by atoms with van der Waals surface area (Å²) in [5.74, 6) is -0.490. The van der Waals surface area contributed by atoms with E-state index in [0.717, 1.165) is 0 Å². The molecule has 0 atom stereocenters. The van der Waals surface area contributed by atoms with Gasteiger partial charge in [0, 0.05) is 5.38 Å². The molecular weight excluding hydrogens is 251 g/mol. The van der Waals surface area contributed by atoms with Crippen molar-refractivity contribution in [1.29, 1.82) is 5.26 Å². The molecule has 1 aromatic carbocycles. The molecule has 2 rings (SSSR count).